The SMILES string of the molecule is CN(Cc1ccccc1)c1nc(N)nc(-n2cncn2)n1. The first-order chi connectivity index (χ1) is 10.2. The highest BCUT2D eigenvalue weighted by Crippen LogP contribution is 2.12. The van der Waals surface area contributed by atoms with Gasteiger partial charge in [-0.2, -0.15) is 24.7 Å². The number of benzene rings is 1. The topological polar surface area (TPSA) is 98.6 Å². The average molecular weight is 282 g/mol. The van der Waals surface area contributed by atoms with Gasteiger partial charge in [-0.05, 0) is 5.56 Å². The second-order valence-electron chi connectivity index (χ2n) is 4.48. The van der Waals surface area contributed by atoms with Crippen LogP contribution in [0.5, 0.6) is 0 Å². The van der Waals surface area contributed by atoms with Crippen LogP contribution >= 0.6 is 0 Å². The lowest BCUT2D eigenvalue weighted by Crippen LogP contribution is -2.21. The Kier molecular flexibility index (Phi) is 3.42. The monoisotopic (exact) mass is 282 g/mol. The number of rotatable bonds is 4. The molecular formula is C13H14N8. The van der Waals surface area contributed by atoms with Crippen molar-refractivity contribution in [2.45, 2.75) is 6.54 Å². The summed E-state index contributed by atoms with van der Waals surface area (Å²) in [4.78, 5) is 18.3. The number of aromatic nitrogens is 6. The van der Waals surface area contributed by atoms with Crippen molar-refractivity contribution in [3.63, 3.8) is 0 Å². The van der Waals surface area contributed by atoms with Gasteiger partial charge in [0.1, 0.15) is 12.7 Å². The molecule has 0 aliphatic rings. The molecule has 3 rings (SSSR count). The van der Waals surface area contributed by atoms with Crippen LogP contribution in [0.1, 0.15) is 5.56 Å². The van der Waals surface area contributed by atoms with Crippen molar-refractivity contribution in [2.75, 3.05) is 17.7 Å². The lowest BCUT2D eigenvalue weighted by molar-refractivity contribution is 0.776. The number of nitrogen functional groups attached to an aromatic ring is 1. The summed E-state index contributed by atoms with van der Waals surface area (Å²) < 4.78 is 1.44. The highest BCUT2D eigenvalue weighted by Gasteiger charge is 2.11. The van der Waals surface area contributed by atoms with E-state index >= 15 is 0 Å². The van der Waals surface area contributed by atoms with Gasteiger partial charge in [-0.25, -0.2) is 4.98 Å². The summed E-state index contributed by atoms with van der Waals surface area (Å²) >= 11 is 0. The molecule has 0 bridgehead atoms. The van der Waals surface area contributed by atoms with Gasteiger partial charge in [-0.1, -0.05) is 30.3 Å². The van der Waals surface area contributed by atoms with Crippen LogP contribution in [0.4, 0.5) is 11.9 Å². The van der Waals surface area contributed by atoms with Gasteiger partial charge in [0, 0.05) is 13.6 Å². The third kappa shape index (κ3) is 2.94. The molecule has 2 N–H and O–H groups in total. The predicted octanol–water partition coefficient (Wildman–Crippen LogP) is 0.671. The largest absolute Gasteiger partial charge is 0.368 e. The Morgan fingerprint density at radius 2 is 1.95 bits per heavy atom. The van der Waals surface area contributed by atoms with Crippen LogP contribution in [0.2, 0.25) is 0 Å². The molecule has 2 heterocycles. The van der Waals surface area contributed by atoms with Crippen LogP contribution in [0.25, 0.3) is 5.95 Å². The first kappa shape index (κ1) is 13.0. The number of nitrogens with two attached hydrogens (primary N) is 1. The summed E-state index contributed by atoms with van der Waals surface area (Å²) in [6.45, 7) is 0.668. The van der Waals surface area contributed by atoms with E-state index < -0.39 is 0 Å². The molecule has 3 aromatic rings. The standard InChI is InChI=1S/C13H14N8/c1-20(7-10-5-3-2-4-6-10)12-17-11(14)18-13(19-12)21-9-15-8-16-21/h2-6,8-9H,7H2,1H3,(H2,14,17,18,19). The minimum Gasteiger partial charge on any atom is -0.368 e. The van der Waals surface area contributed by atoms with E-state index in [9.17, 15) is 0 Å². The molecule has 8 heteroatoms. The molecule has 0 aliphatic carbocycles. The summed E-state index contributed by atoms with van der Waals surface area (Å²) in [6, 6.07) is 10.0. The fourth-order valence-corrected chi connectivity index (χ4v) is 1.88. The lowest BCUT2D eigenvalue weighted by atomic mass is 10.2. The van der Waals surface area contributed by atoms with Crippen LogP contribution in [0.15, 0.2) is 43.0 Å². The highest BCUT2D eigenvalue weighted by molar-refractivity contribution is 5.37. The van der Waals surface area contributed by atoms with E-state index in [0.29, 0.717) is 18.4 Å². The van der Waals surface area contributed by atoms with Crippen molar-refractivity contribution in [3.8, 4) is 5.95 Å². The first-order valence-corrected chi connectivity index (χ1v) is 6.34. The normalized spacial score (nSPS) is 10.5. The van der Waals surface area contributed by atoms with Crippen LogP contribution in [0, 0.1) is 0 Å². The van der Waals surface area contributed by atoms with Crippen LogP contribution in [-0.2, 0) is 6.54 Å². The van der Waals surface area contributed by atoms with Gasteiger partial charge in [0.2, 0.25) is 11.9 Å². The molecule has 21 heavy (non-hydrogen) atoms. The van der Waals surface area contributed by atoms with Gasteiger partial charge < -0.3 is 10.6 Å². The van der Waals surface area contributed by atoms with E-state index in [2.05, 4.69) is 25.0 Å². The van der Waals surface area contributed by atoms with Crippen molar-refractivity contribution in [1.82, 2.24) is 29.7 Å². The molecule has 0 aliphatic heterocycles. The van der Waals surface area contributed by atoms with E-state index in [4.69, 9.17) is 5.73 Å². The molecular weight excluding hydrogens is 268 g/mol. The van der Waals surface area contributed by atoms with Gasteiger partial charge in [0.05, 0.1) is 0 Å². The third-order valence-corrected chi connectivity index (χ3v) is 2.86. The summed E-state index contributed by atoms with van der Waals surface area (Å²) in [6.07, 6.45) is 2.92. The van der Waals surface area contributed by atoms with Crippen molar-refractivity contribution in [1.29, 1.82) is 0 Å². The Morgan fingerprint density at radius 1 is 1.14 bits per heavy atom. The average Bonchev–Trinajstić information content (AvgIpc) is 3.02. The van der Waals surface area contributed by atoms with Gasteiger partial charge in [-0.3, -0.25) is 0 Å². The summed E-state index contributed by atoms with van der Waals surface area (Å²) in [5.41, 5.74) is 6.90. The second-order valence-corrected chi connectivity index (χ2v) is 4.48. The maximum absolute atomic E-state index is 5.75. The van der Waals surface area contributed by atoms with E-state index in [1.54, 1.807) is 0 Å². The molecule has 8 nitrogen and oxygen atoms in total. The molecule has 0 fully saturated rings. The van der Waals surface area contributed by atoms with Gasteiger partial charge in [0.15, 0.2) is 0 Å². The quantitative estimate of drug-likeness (QED) is 0.750. The van der Waals surface area contributed by atoms with E-state index in [1.165, 1.54) is 17.3 Å². The fourth-order valence-electron chi connectivity index (χ4n) is 1.88. The van der Waals surface area contributed by atoms with Crippen LogP contribution in [0.3, 0.4) is 0 Å². The molecule has 0 radical (unpaired) electrons. The Labute approximate surface area is 121 Å². The molecule has 2 aromatic heterocycles. The van der Waals surface area contributed by atoms with Gasteiger partial charge in [0.25, 0.3) is 5.95 Å². The highest BCUT2D eigenvalue weighted by atomic mass is 15.4. The number of hydrogen-bond acceptors (Lipinski definition) is 7. The Morgan fingerprint density at radius 3 is 2.67 bits per heavy atom. The van der Waals surface area contributed by atoms with Crippen molar-refractivity contribution >= 4 is 11.9 Å². The minimum atomic E-state index is 0.144. The Bertz CT molecular complexity index is 710. The lowest BCUT2D eigenvalue weighted by Gasteiger charge is -2.17. The van der Waals surface area contributed by atoms with Crippen molar-refractivity contribution in [2.24, 2.45) is 0 Å². The molecule has 0 spiro atoms. The van der Waals surface area contributed by atoms with Gasteiger partial charge in [-0.15, -0.1) is 0 Å². The van der Waals surface area contributed by atoms with E-state index in [1.807, 2.05) is 42.3 Å². The van der Waals surface area contributed by atoms with Crippen molar-refractivity contribution in [3.05, 3.63) is 48.5 Å². The molecule has 0 atom stereocenters. The van der Waals surface area contributed by atoms with E-state index in [-0.39, 0.29) is 5.95 Å². The molecule has 0 saturated heterocycles. The summed E-state index contributed by atoms with van der Waals surface area (Å²) in [7, 11) is 1.90. The zero-order valence-electron chi connectivity index (χ0n) is 11.5. The zero-order valence-corrected chi connectivity index (χ0v) is 11.5. The number of anilines is 2. The molecule has 0 amide bonds. The second kappa shape index (κ2) is 5.53. The smallest absolute Gasteiger partial charge is 0.258 e. The molecule has 1 aromatic carbocycles. The molecule has 0 saturated carbocycles. The van der Waals surface area contributed by atoms with Crippen LogP contribution < -0.4 is 10.6 Å². The minimum absolute atomic E-state index is 0.144. The zero-order chi connectivity index (χ0) is 14.7. The number of nitrogens with zero attached hydrogens (tertiary/aromatic N) is 7. The maximum atomic E-state index is 5.75. The molecule has 0 unspecified atom stereocenters. The van der Waals surface area contributed by atoms with Crippen LogP contribution in [-0.4, -0.2) is 36.8 Å². The summed E-state index contributed by atoms with van der Waals surface area (Å²) in [5, 5.41) is 3.99. The van der Waals surface area contributed by atoms with E-state index in [0.717, 1.165) is 5.56 Å². The first-order valence-electron chi connectivity index (χ1n) is 6.34. The molecule has 106 valence electrons. The number of hydrogen-bond donors (Lipinski definition) is 1. The fraction of sp³-hybridized carbons (Fsp3) is 0.154. The Balaban J connectivity index is 1.88. The Hall–Kier alpha value is -3.03. The third-order valence-electron chi connectivity index (χ3n) is 2.86. The van der Waals surface area contributed by atoms with Gasteiger partial charge >= 0.3 is 0 Å². The maximum Gasteiger partial charge on any atom is 0.258 e. The predicted molar refractivity (Wildman–Crippen MR) is 77.7 cm³/mol. The van der Waals surface area contributed by atoms with Crippen molar-refractivity contribution < 1.29 is 0 Å². The summed E-state index contributed by atoms with van der Waals surface area (Å²) in [5.74, 6) is 0.970.